The van der Waals surface area contributed by atoms with Crippen molar-refractivity contribution < 1.29 is 48.1 Å². The van der Waals surface area contributed by atoms with Gasteiger partial charge in [-0.05, 0) is 133 Å². The number of carboxylic acid groups (broad SMARTS) is 1. The van der Waals surface area contributed by atoms with Crippen molar-refractivity contribution in [1.29, 1.82) is 0 Å². The number of aryl methyl sites for hydroxylation is 3. The Morgan fingerprint density at radius 2 is 1.19 bits per heavy atom. The molecule has 0 bridgehead atoms. The third-order valence-corrected chi connectivity index (χ3v) is 9.83. The van der Waals surface area contributed by atoms with Crippen molar-refractivity contribution in [3.63, 3.8) is 0 Å². The van der Waals surface area contributed by atoms with Crippen LogP contribution in [-0.4, -0.2) is 60.4 Å². The highest BCUT2D eigenvalue weighted by molar-refractivity contribution is 6.34. The Balaban J connectivity index is 0.000000169. The van der Waals surface area contributed by atoms with Crippen LogP contribution in [-0.2, 0) is 20.7 Å². The number of aromatic carboxylic acids is 1. The van der Waals surface area contributed by atoms with Crippen molar-refractivity contribution >= 4 is 65.3 Å². The third-order valence-electron chi connectivity index (χ3n) is 9.83. The molecule has 14 nitrogen and oxygen atoms in total. The molecule has 6 aromatic rings. The molecule has 0 unspecified atom stereocenters. The van der Waals surface area contributed by atoms with E-state index in [0.29, 0.717) is 33.9 Å². The van der Waals surface area contributed by atoms with Crippen molar-refractivity contribution in [3.05, 3.63) is 177 Å². The number of rotatable bonds is 9. The number of hydrogen-bond donors (Lipinski definition) is 1. The predicted octanol–water partition coefficient (Wildman–Crippen LogP) is 9.02. The molecule has 6 aromatic carbocycles. The number of cyclic esters (lactones) is 2. The average molecular weight is 841 g/mol. The van der Waals surface area contributed by atoms with Gasteiger partial charge in [-0.1, -0.05) is 54.1 Å². The van der Waals surface area contributed by atoms with Crippen LogP contribution < -0.4 is 9.64 Å². The summed E-state index contributed by atoms with van der Waals surface area (Å²) in [5, 5.41) is 8.63. The fraction of sp³-hybridized carbons (Fsp3) is 0.102. The molecule has 2 aliphatic heterocycles. The van der Waals surface area contributed by atoms with Crippen LogP contribution in [0.4, 0.5) is 17.1 Å². The minimum absolute atomic E-state index is 0.00917. The maximum atomic E-state index is 12.9. The minimum atomic E-state index is -1.15. The summed E-state index contributed by atoms with van der Waals surface area (Å²) in [6.07, 6.45) is 5.16. The summed E-state index contributed by atoms with van der Waals surface area (Å²) in [5.74, 6) is -2.90. The molecule has 0 saturated heterocycles. The number of nitrogens with zero attached hydrogens (tertiary/aromatic N) is 4. The Hall–Kier alpha value is -8.70. The highest BCUT2D eigenvalue weighted by Crippen LogP contribution is 2.32. The zero-order valence-electron chi connectivity index (χ0n) is 34.2. The van der Waals surface area contributed by atoms with Crippen molar-refractivity contribution in [1.82, 2.24) is 0 Å². The van der Waals surface area contributed by atoms with E-state index >= 15 is 0 Å². The van der Waals surface area contributed by atoms with Gasteiger partial charge in [0.05, 0.1) is 44.9 Å². The molecule has 2 aliphatic rings. The van der Waals surface area contributed by atoms with E-state index in [9.17, 15) is 33.6 Å². The van der Waals surface area contributed by atoms with Crippen LogP contribution in [0.3, 0.4) is 0 Å². The van der Waals surface area contributed by atoms with Crippen molar-refractivity contribution in [2.45, 2.75) is 27.2 Å². The highest BCUT2D eigenvalue weighted by Gasteiger charge is 2.37. The number of carbonyl (C=O) groups is 5. The Kier molecular flexibility index (Phi) is 13.6. The first kappa shape index (κ1) is 43.9. The zero-order chi connectivity index (χ0) is 45.2. The van der Waals surface area contributed by atoms with Crippen LogP contribution in [0.15, 0.2) is 136 Å². The second kappa shape index (κ2) is 19.6. The Bertz CT molecular complexity index is 2860. The van der Waals surface area contributed by atoms with Crippen LogP contribution in [0.2, 0.25) is 0 Å². The highest BCUT2D eigenvalue weighted by atomic mass is 16.6. The van der Waals surface area contributed by atoms with E-state index in [1.807, 2.05) is 62.4 Å². The van der Waals surface area contributed by atoms with Crippen LogP contribution in [0.25, 0.3) is 11.1 Å². The number of anilines is 1. The second-order valence-electron chi connectivity index (χ2n) is 14.1. The lowest BCUT2D eigenvalue weighted by Gasteiger charge is -2.14. The molecule has 0 saturated carbocycles. The van der Waals surface area contributed by atoms with Gasteiger partial charge in [-0.2, -0.15) is 9.98 Å². The monoisotopic (exact) mass is 840 g/mol. The second-order valence-corrected chi connectivity index (χ2v) is 14.1. The van der Waals surface area contributed by atoms with Crippen LogP contribution in [0.5, 0.6) is 5.75 Å². The van der Waals surface area contributed by atoms with Gasteiger partial charge in [-0.15, -0.1) is 0 Å². The standard InChI is InChI=1S/C24H20N2O3.C16H12N2O2.C9H4O5/c1-16-3-5-17(6-4-16)13-18-7-9-19(10-8-18)26-23(27)21-12-11-20(29-15-25-2)14-22(21)24(26)28;1-11-7-13(3-5-15(11)17-9-19)14-4-6-16(18-10-20)12(2)8-14;10-7(11)4-1-2-5-6(3-4)9(13)14-8(5)12/h3-12,14-15H,13H2,1-2H3;3-8H,1-2H3;1-3H,(H,10,11). The average Bonchev–Trinajstić information content (AvgIpc) is 3.71. The molecule has 2 amide bonds. The van der Waals surface area contributed by atoms with E-state index in [1.54, 1.807) is 49.5 Å². The fourth-order valence-corrected chi connectivity index (χ4v) is 6.58. The molecule has 14 heteroatoms. The van der Waals surface area contributed by atoms with E-state index in [-0.39, 0.29) is 28.5 Å². The largest absolute Gasteiger partial charge is 0.478 e. The van der Waals surface area contributed by atoms with Gasteiger partial charge in [0.1, 0.15) is 5.75 Å². The van der Waals surface area contributed by atoms with E-state index in [2.05, 4.69) is 50.9 Å². The lowest BCUT2D eigenvalue weighted by molar-refractivity contribution is 0.0442. The summed E-state index contributed by atoms with van der Waals surface area (Å²) >= 11 is 0. The zero-order valence-corrected chi connectivity index (χ0v) is 34.2. The van der Waals surface area contributed by atoms with Gasteiger partial charge in [0.25, 0.3) is 11.8 Å². The number of ether oxygens (including phenoxy) is 2. The molecular weight excluding hydrogens is 805 g/mol. The lowest BCUT2D eigenvalue weighted by atomic mass is 10.00. The topological polar surface area (TPSA) is 198 Å². The molecule has 312 valence electrons. The lowest BCUT2D eigenvalue weighted by Crippen LogP contribution is -2.29. The number of aliphatic imine (C=N–C) groups is 3. The number of esters is 2. The van der Waals surface area contributed by atoms with Gasteiger partial charge in [0.2, 0.25) is 12.2 Å². The van der Waals surface area contributed by atoms with Crippen molar-refractivity contribution in [3.8, 4) is 16.9 Å². The molecule has 0 aromatic heterocycles. The molecule has 8 rings (SSSR count). The molecule has 0 spiro atoms. The Morgan fingerprint density at radius 3 is 1.73 bits per heavy atom. The maximum absolute atomic E-state index is 12.9. The molecule has 0 aliphatic carbocycles. The van der Waals surface area contributed by atoms with Gasteiger partial charge in [-0.25, -0.2) is 28.9 Å². The first-order valence-corrected chi connectivity index (χ1v) is 19.1. The first-order valence-electron chi connectivity index (χ1n) is 19.1. The summed E-state index contributed by atoms with van der Waals surface area (Å²) in [6, 6.07) is 35.6. The number of hydrogen-bond acceptors (Lipinski definition) is 12. The van der Waals surface area contributed by atoms with Crippen molar-refractivity contribution in [2.75, 3.05) is 11.9 Å². The number of fused-ring (bicyclic) bond motifs is 2. The Morgan fingerprint density at radius 1 is 0.651 bits per heavy atom. The summed E-state index contributed by atoms with van der Waals surface area (Å²) in [7, 11) is 1.59. The van der Waals surface area contributed by atoms with Gasteiger partial charge >= 0.3 is 17.9 Å². The van der Waals surface area contributed by atoms with Crippen molar-refractivity contribution in [2.24, 2.45) is 15.0 Å². The molecule has 1 N–H and O–H groups in total. The normalized spacial score (nSPS) is 12.2. The molecular formula is C49H36N4O10. The Labute approximate surface area is 360 Å². The van der Waals surface area contributed by atoms with E-state index < -0.39 is 17.9 Å². The summed E-state index contributed by atoms with van der Waals surface area (Å²) in [4.78, 5) is 91.0. The van der Waals surface area contributed by atoms with E-state index in [0.717, 1.165) is 40.3 Å². The number of benzene rings is 6. The van der Waals surface area contributed by atoms with Crippen LogP contribution >= 0.6 is 0 Å². The predicted molar refractivity (Wildman–Crippen MR) is 233 cm³/mol. The summed E-state index contributed by atoms with van der Waals surface area (Å²) in [6.45, 7) is 5.84. The number of imide groups is 1. The fourth-order valence-electron chi connectivity index (χ4n) is 6.58. The summed E-state index contributed by atoms with van der Waals surface area (Å²) in [5.41, 5.74) is 9.95. The number of carboxylic acids is 1. The first-order chi connectivity index (χ1) is 30.3. The molecule has 0 radical (unpaired) electrons. The van der Waals surface area contributed by atoms with Gasteiger partial charge in [-0.3, -0.25) is 14.6 Å². The smallest absolute Gasteiger partial charge is 0.346 e. The van der Waals surface area contributed by atoms with Crippen LogP contribution in [0, 0.1) is 20.8 Å². The number of isocyanates is 2. The minimum Gasteiger partial charge on any atom is -0.478 e. The summed E-state index contributed by atoms with van der Waals surface area (Å²) < 4.78 is 9.61. The molecule has 2 heterocycles. The quantitative estimate of drug-likeness (QED) is 0.0366. The van der Waals surface area contributed by atoms with Gasteiger partial charge in [0.15, 0.2) is 6.40 Å². The van der Waals surface area contributed by atoms with E-state index in [1.165, 1.54) is 34.6 Å². The van der Waals surface area contributed by atoms with Crippen LogP contribution in [0.1, 0.15) is 79.6 Å². The third kappa shape index (κ3) is 10.2. The number of amides is 2. The maximum Gasteiger partial charge on any atom is 0.346 e. The van der Waals surface area contributed by atoms with E-state index in [4.69, 9.17) is 9.84 Å². The molecule has 0 atom stereocenters. The molecule has 0 fully saturated rings. The molecule has 63 heavy (non-hydrogen) atoms. The van der Waals surface area contributed by atoms with Gasteiger partial charge in [0, 0.05) is 7.05 Å². The SMILES string of the molecule is CN=COc1ccc2c(c1)C(=O)N(c1ccc(Cc3ccc(C)cc3)cc1)C2=O.Cc1cc(-c2ccc(N=C=O)c(C)c2)ccc1N=C=O.O=C(O)c1ccc2c(c1)C(=O)OC2=O. The number of carbonyl (C=O) groups excluding carboxylic acids is 6. The van der Waals surface area contributed by atoms with Gasteiger partial charge < -0.3 is 14.6 Å².